The van der Waals surface area contributed by atoms with Gasteiger partial charge in [0.15, 0.2) is 0 Å². The van der Waals surface area contributed by atoms with E-state index in [0.29, 0.717) is 5.41 Å². The minimum atomic E-state index is 0.608. The fourth-order valence-electron chi connectivity index (χ4n) is 2.60. The SMILES string of the molecule is CCSCCCC(C)(CNC1CC1)C1CC1. The molecule has 0 heterocycles. The number of hydrogen-bond donors (Lipinski definition) is 1. The predicted octanol–water partition coefficient (Wildman–Crippen LogP) is 3.69. The Labute approximate surface area is 105 Å². The predicted molar refractivity (Wildman–Crippen MR) is 74.1 cm³/mol. The summed E-state index contributed by atoms with van der Waals surface area (Å²) in [7, 11) is 0. The highest BCUT2D eigenvalue weighted by Crippen LogP contribution is 2.48. The number of nitrogens with one attached hydrogen (secondary N) is 1. The van der Waals surface area contributed by atoms with Crippen molar-refractivity contribution in [3.8, 4) is 0 Å². The molecule has 0 aromatic heterocycles. The van der Waals surface area contributed by atoms with Gasteiger partial charge in [0.1, 0.15) is 0 Å². The van der Waals surface area contributed by atoms with Crippen LogP contribution in [0.25, 0.3) is 0 Å². The lowest BCUT2D eigenvalue weighted by atomic mass is 9.80. The molecule has 0 amide bonds. The summed E-state index contributed by atoms with van der Waals surface area (Å²) in [5.41, 5.74) is 0.608. The van der Waals surface area contributed by atoms with Crippen molar-refractivity contribution in [1.29, 1.82) is 0 Å². The second kappa shape index (κ2) is 5.77. The summed E-state index contributed by atoms with van der Waals surface area (Å²) in [6, 6.07) is 0.878. The highest BCUT2D eigenvalue weighted by molar-refractivity contribution is 7.99. The molecule has 2 aliphatic rings. The molecule has 0 saturated heterocycles. The van der Waals surface area contributed by atoms with Gasteiger partial charge >= 0.3 is 0 Å². The van der Waals surface area contributed by atoms with Gasteiger partial charge in [0.25, 0.3) is 0 Å². The van der Waals surface area contributed by atoms with Crippen molar-refractivity contribution in [1.82, 2.24) is 5.32 Å². The van der Waals surface area contributed by atoms with E-state index in [9.17, 15) is 0 Å². The van der Waals surface area contributed by atoms with E-state index in [1.807, 2.05) is 0 Å². The molecule has 1 atom stereocenters. The van der Waals surface area contributed by atoms with Gasteiger partial charge in [0.05, 0.1) is 0 Å². The number of hydrogen-bond acceptors (Lipinski definition) is 2. The Morgan fingerprint density at radius 3 is 2.56 bits per heavy atom. The standard InChI is InChI=1S/C14H27NS/c1-3-16-10-4-9-14(2,12-5-6-12)11-15-13-7-8-13/h12-13,15H,3-11H2,1-2H3. The molecular formula is C14H27NS. The van der Waals surface area contributed by atoms with Crippen molar-refractivity contribution in [2.75, 3.05) is 18.1 Å². The fourth-order valence-corrected chi connectivity index (χ4v) is 3.24. The van der Waals surface area contributed by atoms with Crippen LogP contribution in [0.15, 0.2) is 0 Å². The summed E-state index contributed by atoms with van der Waals surface area (Å²) >= 11 is 2.10. The molecular weight excluding hydrogens is 214 g/mol. The Hall–Kier alpha value is 0.310. The molecule has 1 unspecified atom stereocenters. The van der Waals surface area contributed by atoms with Crippen LogP contribution < -0.4 is 5.32 Å². The van der Waals surface area contributed by atoms with Crippen LogP contribution in [0.1, 0.15) is 52.4 Å². The lowest BCUT2D eigenvalue weighted by Crippen LogP contribution is -2.35. The third-order valence-corrected chi connectivity index (χ3v) is 5.16. The summed E-state index contributed by atoms with van der Waals surface area (Å²) < 4.78 is 0. The first-order chi connectivity index (χ1) is 7.74. The summed E-state index contributed by atoms with van der Waals surface area (Å²) in [6.45, 7) is 6.06. The molecule has 0 aliphatic heterocycles. The minimum absolute atomic E-state index is 0.608. The van der Waals surface area contributed by atoms with Crippen molar-refractivity contribution in [2.24, 2.45) is 11.3 Å². The first-order valence-corrected chi connectivity index (χ1v) is 8.21. The fraction of sp³-hybridized carbons (Fsp3) is 1.00. The minimum Gasteiger partial charge on any atom is -0.313 e. The van der Waals surface area contributed by atoms with Gasteiger partial charge in [-0.05, 0) is 61.4 Å². The number of thioether (sulfide) groups is 1. The molecule has 2 saturated carbocycles. The summed E-state index contributed by atoms with van der Waals surface area (Å²) in [5, 5.41) is 3.75. The van der Waals surface area contributed by atoms with Crippen LogP contribution in [0.5, 0.6) is 0 Å². The van der Waals surface area contributed by atoms with Crippen LogP contribution in [-0.4, -0.2) is 24.1 Å². The molecule has 0 spiro atoms. The Kier molecular flexibility index (Phi) is 4.60. The Morgan fingerprint density at radius 1 is 1.25 bits per heavy atom. The monoisotopic (exact) mass is 241 g/mol. The van der Waals surface area contributed by atoms with Gasteiger partial charge in [-0.1, -0.05) is 13.8 Å². The average Bonchev–Trinajstić information content (AvgIpc) is 3.15. The van der Waals surface area contributed by atoms with Gasteiger partial charge in [-0.2, -0.15) is 11.8 Å². The van der Waals surface area contributed by atoms with Crippen LogP contribution in [-0.2, 0) is 0 Å². The zero-order valence-corrected chi connectivity index (χ0v) is 11.7. The molecule has 2 aliphatic carbocycles. The van der Waals surface area contributed by atoms with Crippen LogP contribution >= 0.6 is 11.8 Å². The van der Waals surface area contributed by atoms with E-state index < -0.39 is 0 Å². The highest BCUT2D eigenvalue weighted by atomic mass is 32.2. The molecule has 1 N–H and O–H groups in total. The summed E-state index contributed by atoms with van der Waals surface area (Å²) in [5.74, 6) is 3.67. The average molecular weight is 241 g/mol. The lowest BCUT2D eigenvalue weighted by Gasteiger charge is -2.30. The summed E-state index contributed by atoms with van der Waals surface area (Å²) in [6.07, 6.45) is 8.68. The van der Waals surface area contributed by atoms with E-state index in [0.717, 1.165) is 12.0 Å². The van der Waals surface area contributed by atoms with Crippen molar-refractivity contribution < 1.29 is 0 Å². The smallest absolute Gasteiger partial charge is 0.00684 e. The van der Waals surface area contributed by atoms with E-state index in [4.69, 9.17) is 0 Å². The van der Waals surface area contributed by atoms with Crippen molar-refractivity contribution in [3.05, 3.63) is 0 Å². The van der Waals surface area contributed by atoms with Crippen LogP contribution in [0, 0.1) is 11.3 Å². The Bertz CT molecular complexity index is 211. The zero-order chi connectivity index (χ0) is 11.4. The molecule has 0 bridgehead atoms. The van der Waals surface area contributed by atoms with Gasteiger partial charge in [-0.15, -0.1) is 0 Å². The largest absolute Gasteiger partial charge is 0.313 e. The van der Waals surface area contributed by atoms with Gasteiger partial charge in [-0.3, -0.25) is 0 Å². The molecule has 2 heteroatoms. The molecule has 2 rings (SSSR count). The van der Waals surface area contributed by atoms with Gasteiger partial charge in [0, 0.05) is 12.6 Å². The van der Waals surface area contributed by atoms with E-state index >= 15 is 0 Å². The van der Waals surface area contributed by atoms with Crippen LogP contribution in [0.4, 0.5) is 0 Å². The van der Waals surface area contributed by atoms with Crippen molar-refractivity contribution >= 4 is 11.8 Å². The molecule has 0 aromatic carbocycles. The first kappa shape index (κ1) is 12.8. The topological polar surface area (TPSA) is 12.0 Å². The normalized spacial score (nSPS) is 24.4. The highest BCUT2D eigenvalue weighted by Gasteiger charge is 2.41. The maximum Gasteiger partial charge on any atom is 0.00684 e. The van der Waals surface area contributed by atoms with Crippen molar-refractivity contribution in [2.45, 2.75) is 58.4 Å². The molecule has 16 heavy (non-hydrogen) atoms. The van der Waals surface area contributed by atoms with E-state index in [-0.39, 0.29) is 0 Å². The molecule has 0 aromatic rings. The molecule has 0 radical (unpaired) electrons. The first-order valence-electron chi connectivity index (χ1n) is 7.06. The second-order valence-electron chi connectivity index (χ2n) is 5.88. The zero-order valence-electron chi connectivity index (χ0n) is 10.9. The van der Waals surface area contributed by atoms with Gasteiger partial charge in [0.2, 0.25) is 0 Å². The number of rotatable bonds is 9. The quantitative estimate of drug-likeness (QED) is 0.618. The third-order valence-electron chi connectivity index (χ3n) is 4.18. The molecule has 2 fully saturated rings. The van der Waals surface area contributed by atoms with E-state index in [2.05, 4.69) is 30.9 Å². The molecule has 94 valence electrons. The summed E-state index contributed by atoms with van der Waals surface area (Å²) in [4.78, 5) is 0. The Morgan fingerprint density at radius 2 is 2.00 bits per heavy atom. The maximum absolute atomic E-state index is 3.75. The van der Waals surface area contributed by atoms with E-state index in [1.54, 1.807) is 0 Å². The third kappa shape index (κ3) is 3.96. The van der Waals surface area contributed by atoms with Gasteiger partial charge in [-0.25, -0.2) is 0 Å². The second-order valence-corrected chi connectivity index (χ2v) is 7.28. The lowest BCUT2D eigenvalue weighted by molar-refractivity contribution is 0.234. The Balaban J connectivity index is 1.68. The maximum atomic E-state index is 3.75. The van der Waals surface area contributed by atoms with Crippen molar-refractivity contribution in [3.63, 3.8) is 0 Å². The van der Waals surface area contributed by atoms with Gasteiger partial charge < -0.3 is 5.32 Å². The molecule has 1 nitrogen and oxygen atoms in total. The van der Waals surface area contributed by atoms with E-state index in [1.165, 1.54) is 56.6 Å². The van der Waals surface area contributed by atoms with Crippen LogP contribution in [0.3, 0.4) is 0 Å². The van der Waals surface area contributed by atoms with Crippen LogP contribution in [0.2, 0.25) is 0 Å².